The second kappa shape index (κ2) is 9.77. The molecule has 0 fully saturated rings. The Bertz CT molecular complexity index is 122. The fourth-order valence-electron chi connectivity index (χ4n) is 1.04. The van der Waals surface area contributed by atoms with Gasteiger partial charge in [-0.25, -0.2) is 0 Å². The van der Waals surface area contributed by atoms with E-state index in [0.29, 0.717) is 19.6 Å². The molecule has 0 amide bonds. The lowest BCUT2D eigenvalue weighted by atomic mass is 10.3. The van der Waals surface area contributed by atoms with Gasteiger partial charge in [0.05, 0.1) is 18.8 Å². The highest BCUT2D eigenvalue weighted by Gasteiger charge is 2.04. The fourth-order valence-corrected chi connectivity index (χ4v) is 1.14. The summed E-state index contributed by atoms with van der Waals surface area (Å²) in [6, 6.07) is 0. The average molecular weight is 222 g/mol. The zero-order valence-corrected chi connectivity index (χ0v) is 10.0. The van der Waals surface area contributed by atoms with Gasteiger partial charge in [0.25, 0.3) is 0 Å². The Balaban J connectivity index is 3.25. The SMILES string of the molecule is CC(CCO)OCCC(C)OCCS. The molecule has 0 saturated carbocycles. The Morgan fingerprint density at radius 2 is 1.64 bits per heavy atom. The van der Waals surface area contributed by atoms with E-state index in [2.05, 4.69) is 12.6 Å². The lowest BCUT2D eigenvalue weighted by molar-refractivity contribution is 0.00841. The predicted octanol–water partition coefficient (Wildman–Crippen LogP) is 1.50. The molecule has 2 unspecified atom stereocenters. The molecule has 0 heterocycles. The Kier molecular flexibility index (Phi) is 9.93. The Morgan fingerprint density at radius 1 is 1.07 bits per heavy atom. The molecule has 0 aliphatic rings. The van der Waals surface area contributed by atoms with Gasteiger partial charge in [-0.05, 0) is 26.7 Å². The highest BCUT2D eigenvalue weighted by molar-refractivity contribution is 7.80. The van der Waals surface area contributed by atoms with Crippen LogP contribution in [0.1, 0.15) is 26.7 Å². The van der Waals surface area contributed by atoms with Gasteiger partial charge in [0.1, 0.15) is 0 Å². The molecule has 14 heavy (non-hydrogen) atoms. The van der Waals surface area contributed by atoms with Crippen LogP contribution >= 0.6 is 12.6 Å². The Hall–Kier alpha value is 0.230. The van der Waals surface area contributed by atoms with Crippen molar-refractivity contribution in [3.63, 3.8) is 0 Å². The van der Waals surface area contributed by atoms with Gasteiger partial charge >= 0.3 is 0 Å². The first-order valence-electron chi connectivity index (χ1n) is 5.15. The maximum atomic E-state index is 8.65. The fraction of sp³-hybridized carbons (Fsp3) is 1.00. The van der Waals surface area contributed by atoms with Crippen LogP contribution < -0.4 is 0 Å². The van der Waals surface area contributed by atoms with E-state index >= 15 is 0 Å². The van der Waals surface area contributed by atoms with E-state index in [1.54, 1.807) is 0 Å². The van der Waals surface area contributed by atoms with E-state index in [9.17, 15) is 0 Å². The summed E-state index contributed by atoms with van der Waals surface area (Å²) in [5, 5.41) is 8.65. The summed E-state index contributed by atoms with van der Waals surface area (Å²) >= 11 is 4.06. The minimum absolute atomic E-state index is 0.136. The summed E-state index contributed by atoms with van der Waals surface area (Å²) in [4.78, 5) is 0. The van der Waals surface area contributed by atoms with Crippen molar-refractivity contribution in [2.75, 3.05) is 25.6 Å². The van der Waals surface area contributed by atoms with Crippen molar-refractivity contribution < 1.29 is 14.6 Å². The molecular weight excluding hydrogens is 200 g/mol. The van der Waals surface area contributed by atoms with Crippen LogP contribution in [-0.4, -0.2) is 42.9 Å². The molecule has 0 spiro atoms. The molecule has 0 aromatic carbocycles. The van der Waals surface area contributed by atoms with Crippen molar-refractivity contribution in [3.8, 4) is 0 Å². The lowest BCUT2D eigenvalue weighted by Crippen LogP contribution is -2.17. The van der Waals surface area contributed by atoms with Gasteiger partial charge in [-0.3, -0.25) is 0 Å². The molecule has 1 N–H and O–H groups in total. The van der Waals surface area contributed by atoms with E-state index in [-0.39, 0.29) is 18.8 Å². The van der Waals surface area contributed by atoms with Crippen molar-refractivity contribution in [1.29, 1.82) is 0 Å². The molecule has 0 rings (SSSR count). The number of rotatable bonds is 9. The molecule has 0 aromatic rings. The number of aliphatic hydroxyl groups is 1. The minimum atomic E-state index is 0.136. The minimum Gasteiger partial charge on any atom is -0.396 e. The Morgan fingerprint density at radius 3 is 2.21 bits per heavy atom. The quantitative estimate of drug-likeness (QED) is 0.581. The van der Waals surface area contributed by atoms with E-state index in [1.165, 1.54) is 0 Å². The smallest absolute Gasteiger partial charge is 0.0569 e. The third-order valence-electron chi connectivity index (χ3n) is 1.96. The van der Waals surface area contributed by atoms with Crippen LogP contribution in [0, 0.1) is 0 Å². The van der Waals surface area contributed by atoms with Gasteiger partial charge in [-0.15, -0.1) is 0 Å². The van der Waals surface area contributed by atoms with Crippen LogP contribution in [0.2, 0.25) is 0 Å². The van der Waals surface area contributed by atoms with Crippen LogP contribution in [0.3, 0.4) is 0 Å². The van der Waals surface area contributed by atoms with Gasteiger partial charge < -0.3 is 14.6 Å². The van der Waals surface area contributed by atoms with Crippen molar-refractivity contribution in [2.45, 2.75) is 38.9 Å². The second-order valence-corrected chi connectivity index (χ2v) is 3.83. The van der Waals surface area contributed by atoms with Crippen LogP contribution in [0.4, 0.5) is 0 Å². The molecule has 0 saturated heterocycles. The van der Waals surface area contributed by atoms with Gasteiger partial charge in [0, 0.05) is 19.0 Å². The number of aliphatic hydroxyl groups excluding tert-OH is 1. The summed E-state index contributed by atoms with van der Waals surface area (Å²) in [5.74, 6) is 0.756. The second-order valence-electron chi connectivity index (χ2n) is 3.39. The van der Waals surface area contributed by atoms with E-state index in [0.717, 1.165) is 12.2 Å². The summed E-state index contributed by atoms with van der Waals surface area (Å²) in [7, 11) is 0. The van der Waals surface area contributed by atoms with Gasteiger partial charge in [0.2, 0.25) is 0 Å². The standard InChI is InChI=1S/C10H22O3S/c1-9(3-5-11)12-6-4-10(2)13-7-8-14/h9-11,14H,3-8H2,1-2H3. The van der Waals surface area contributed by atoms with E-state index in [1.807, 2.05) is 13.8 Å². The summed E-state index contributed by atoms with van der Waals surface area (Å²) in [6.45, 7) is 5.57. The van der Waals surface area contributed by atoms with E-state index in [4.69, 9.17) is 14.6 Å². The summed E-state index contributed by atoms with van der Waals surface area (Å²) in [6.07, 6.45) is 1.95. The van der Waals surface area contributed by atoms with E-state index < -0.39 is 0 Å². The van der Waals surface area contributed by atoms with Gasteiger partial charge in [-0.1, -0.05) is 0 Å². The van der Waals surface area contributed by atoms with Gasteiger partial charge in [0.15, 0.2) is 0 Å². The molecule has 0 aromatic heterocycles. The van der Waals surface area contributed by atoms with Crippen molar-refractivity contribution in [1.82, 2.24) is 0 Å². The zero-order chi connectivity index (χ0) is 10.8. The largest absolute Gasteiger partial charge is 0.396 e. The molecular formula is C10H22O3S. The molecule has 0 aliphatic carbocycles. The maximum Gasteiger partial charge on any atom is 0.0569 e. The number of thiol groups is 1. The number of hydrogen-bond donors (Lipinski definition) is 2. The van der Waals surface area contributed by atoms with Crippen LogP contribution in [0.5, 0.6) is 0 Å². The highest BCUT2D eigenvalue weighted by atomic mass is 32.1. The first kappa shape index (κ1) is 14.2. The van der Waals surface area contributed by atoms with Crippen LogP contribution in [0.15, 0.2) is 0 Å². The average Bonchev–Trinajstić information content (AvgIpc) is 2.15. The van der Waals surface area contributed by atoms with Crippen LogP contribution in [0.25, 0.3) is 0 Å². The summed E-state index contributed by atoms with van der Waals surface area (Å²) < 4.78 is 10.9. The van der Waals surface area contributed by atoms with Crippen molar-refractivity contribution in [3.05, 3.63) is 0 Å². The third-order valence-corrected chi connectivity index (χ3v) is 2.14. The maximum absolute atomic E-state index is 8.65. The molecule has 86 valence electrons. The third kappa shape index (κ3) is 8.81. The molecule has 0 radical (unpaired) electrons. The number of ether oxygens (including phenoxy) is 2. The lowest BCUT2D eigenvalue weighted by Gasteiger charge is -2.15. The zero-order valence-electron chi connectivity index (χ0n) is 9.11. The predicted molar refractivity (Wildman–Crippen MR) is 61.0 cm³/mol. The first-order valence-corrected chi connectivity index (χ1v) is 5.78. The monoisotopic (exact) mass is 222 g/mol. The molecule has 4 heteroatoms. The number of hydrogen-bond acceptors (Lipinski definition) is 4. The topological polar surface area (TPSA) is 38.7 Å². The summed E-state index contributed by atoms with van der Waals surface area (Å²) in [5.41, 5.74) is 0. The normalized spacial score (nSPS) is 15.4. The highest BCUT2D eigenvalue weighted by Crippen LogP contribution is 2.02. The Labute approximate surface area is 92.2 Å². The van der Waals surface area contributed by atoms with Gasteiger partial charge in [-0.2, -0.15) is 12.6 Å². The molecule has 0 aliphatic heterocycles. The molecule has 2 atom stereocenters. The molecule has 3 nitrogen and oxygen atoms in total. The van der Waals surface area contributed by atoms with Crippen LogP contribution in [-0.2, 0) is 9.47 Å². The first-order chi connectivity index (χ1) is 6.70. The molecule has 0 bridgehead atoms. The van der Waals surface area contributed by atoms with Crippen molar-refractivity contribution >= 4 is 12.6 Å². The van der Waals surface area contributed by atoms with Crippen molar-refractivity contribution in [2.24, 2.45) is 0 Å².